The molecule has 0 amide bonds. The van der Waals surface area contributed by atoms with Crippen LogP contribution in [0.25, 0.3) is 0 Å². The van der Waals surface area contributed by atoms with Gasteiger partial charge >= 0.3 is 5.97 Å². The molecule has 2 fully saturated rings. The minimum atomic E-state index is -0.153. The second kappa shape index (κ2) is 4.55. The van der Waals surface area contributed by atoms with Crippen molar-refractivity contribution in [3.63, 3.8) is 0 Å². The molecule has 0 saturated carbocycles. The third kappa shape index (κ3) is 2.45. The normalized spacial score (nSPS) is 37.7. The second-order valence-corrected chi connectivity index (χ2v) is 6.26. The minimum Gasteiger partial charge on any atom is -0.461 e. The summed E-state index contributed by atoms with van der Waals surface area (Å²) in [5.41, 5.74) is 0. The van der Waals surface area contributed by atoms with E-state index in [1.807, 2.05) is 29.5 Å². The average Bonchev–Trinajstić information content (AvgIpc) is 2.41. The molecule has 2 aliphatic heterocycles. The molecule has 0 aromatic heterocycles. The topological polar surface area (TPSA) is 49.4 Å². The van der Waals surface area contributed by atoms with Gasteiger partial charge in [-0.25, -0.2) is 0 Å². The van der Waals surface area contributed by atoms with E-state index in [4.69, 9.17) is 4.74 Å². The summed E-state index contributed by atoms with van der Waals surface area (Å²) in [5.74, 6) is -0.153. The molecule has 3 unspecified atom stereocenters. The van der Waals surface area contributed by atoms with Crippen LogP contribution in [-0.4, -0.2) is 33.1 Å². The Hall–Kier alpha value is 0.120. The van der Waals surface area contributed by atoms with E-state index in [9.17, 15) is 10.0 Å². The summed E-state index contributed by atoms with van der Waals surface area (Å²) in [6, 6.07) is 0.178. The van der Waals surface area contributed by atoms with E-state index in [0.29, 0.717) is 0 Å². The Morgan fingerprint density at radius 3 is 2.40 bits per heavy atom. The monoisotopic (exact) mass is 324 g/mol. The first kappa shape index (κ1) is 11.6. The minimum absolute atomic E-state index is 0.0302. The molecule has 2 aliphatic rings. The lowest BCUT2D eigenvalue weighted by atomic mass is 10.0. The van der Waals surface area contributed by atoms with Gasteiger partial charge in [0, 0.05) is 24.9 Å². The van der Waals surface area contributed by atoms with Gasteiger partial charge < -0.3 is 4.74 Å². The van der Waals surface area contributed by atoms with Crippen LogP contribution in [0.3, 0.4) is 0 Å². The number of rotatable bonds is 2. The van der Waals surface area contributed by atoms with E-state index in [2.05, 4.69) is 0 Å². The van der Waals surface area contributed by atoms with Gasteiger partial charge in [0.1, 0.15) is 10.0 Å². The molecule has 3 atom stereocenters. The maximum Gasteiger partial charge on any atom is 0.318 e. The molecule has 0 aromatic rings. The van der Waals surface area contributed by atoms with Crippen molar-refractivity contribution in [1.29, 1.82) is 0 Å². The predicted molar refractivity (Wildman–Crippen MR) is 61.9 cm³/mol. The first-order valence-electron chi connectivity index (χ1n) is 5.38. The Morgan fingerprint density at radius 2 is 1.93 bits per heavy atom. The van der Waals surface area contributed by atoms with Gasteiger partial charge in [-0.05, 0) is 19.8 Å². The molecule has 0 aliphatic carbocycles. The fourth-order valence-corrected chi connectivity index (χ4v) is 2.59. The van der Waals surface area contributed by atoms with Gasteiger partial charge in [0.25, 0.3) is 0 Å². The Kier molecular flexibility index (Phi) is 3.52. The van der Waals surface area contributed by atoms with Crippen molar-refractivity contribution in [2.45, 2.75) is 54.7 Å². The molecule has 0 aromatic carbocycles. The third-order valence-corrected chi connectivity index (χ3v) is 3.74. The van der Waals surface area contributed by atoms with E-state index in [1.165, 1.54) is 5.06 Å². The van der Waals surface area contributed by atoms with Crippen LogP contribution in [0.15, 0.2) is 0 Å². The van der Waals surface area contributed by atoms with Gasteiger partial charge in [-0.2, -0.15) is 0 Å². The van der Waals surface area contributed by atoms with Crippen molar-refractivity contribution in [2.75, 3.05) is 0 Å². The van der Waals surface area contributed by atoms with Crippen LogP contribution in [0.4, 0.5) is 0 Å². The van der Waals surface area contributed by atoms with E-state index < -0.39 is 0 Å². The lowest BCUT2D eigenvalue weighted by molar-refractivity contribution is -0.222. The van der Waals surface area contributed by atoms with E-state index >= 15 is 0 Å². The molecule has 0 N–H and O–H groups in total. The van der Waals surface area contributed by atoms with Crippen molar-refractivity contribution in [2.24, 2.45) is 0 Å². The number of alkyl halides is 1. The molecule has 1 radical (unpaired) electrons. The Balaban J connectivity index is 1.89. The summed E-state index contributed by atoms with van der Waals surface area (Å²) in [4.78, 5) is 11.4. The SMILES string of the molecule is CC(I)C(=O)OC1CC2CCC(C1)N2[O]. The summed E-state index contributed by atoms with van der Waals surface area (Å²) in [5, 5.41) is 12.7. The fourth-order valence-electron chi connectivity index (χ4n) is 2.44. The molecule has 15 heavy (non-hydrogen) atoms. The van der Waals surface area contributed by atoms with Crippen LogP contribution >= 0.6 is 22.6 Å². The van der Waals surface area contributed by atoms with Gasteiger partial charge in [0.15, 0.2) is 0 Å². The highest BCUT2D eigenvalue weighted by atomic mass is 127. The zero-order valence-corrected chi connectivity index (χ0v) is 10.8. The molecular weight excluding hydrogens is 309 g/mol. The molecule has 2 saturated heterocycles. The summed E-state index contributed by atoms with van der Waals surface area (Å²) >= 11 is 2.05. The molecule has 2 bridgehead atoms. The number of piperidine rings is 1. The number of nitrogens with zero attached hydrogens (tertiary/aromatic N) is 1. The van der Waals surface area contributed by atoms with Gasteiger partial charge in [-0.1, -0.05) is 22.6 Å². The molecule has 5 heteroatoms. The predicted octanol–water partition coefficient (Wildman–Crippen LogP) is 1.69. The van der Waals surface area contributed by atoms with E-state index in [-0.39, 0.29) is 28.1 Å². The summed E-state index contributed by atoms with van der Waals surface area (Å²) in [7, 11) is 0. The highest BCUT2D eigenvalue weighted by Crippen LogP contribution is 2.35. The number of hydroxylamine groups is 2. The molecule has 85 valence electrons. The van der Waals surface area contributed by atoms with Crippen molar-refractivity contribution in [1.82, 2.24) is 5.06 Å². The van der Waals surface area contributed by atoms with Crippen LogP contribution in [0.2, 0.25) is 0 Å². The van der Waals surface area contributed by atoms with E-state index in [0.717, 1.165) is 25.7 Å². The van der Waals surface area contributed by atoms with Crippen LogP contribution < -0.4 is 0 Å². The third-order valence-electron chi connectivity index (χ3n) is 3.23. The zero-order chi connectivity index (χ0) is 11.0. The number of carbonyl (C=O) groups is 1. The molecule has 0 spiro atoms. The first-order chi connectivity index (χ1) is 7.08. The van der Waals surface area contributed by atoms with Gasteiger partial charge in [0.05, 0.1) is 0 Å². The van der Waals surface area contributed by atoms with Crippen LogP contribution in [0.5, 0.6) is 0 Å². The van der Waals surface area contributed by atoms with Gasteiger partial charge in [0.2, 0.25) is 0 Å². The van der Waals surface area contributed by atoms with Crippen molar-refractivity contribution >= 4 is 28.6 Å². The lowest BCUT2D eigenvalue weighted by Crippen LogP contribution is -2.43. The number of carbonyl (C=O) groups excluding carboxylic acids is 1. The summed E-state index contributed by atoms with van der Waals surface area (Å²) < 4.78 is 5.26. The Bertz CT molecular complexity index is 245. The largest absolute Gasteiger partial charge is 0.461 e. The summed E-state index contributed by atoms with van der Waals surface area (Å²) in [6.45, 7) is 1.82. The average molecular weight is 324 g/mol. The summed E-state index contributed by atoms with van der Waals surface area (Å²) in [6.07, 6.45) is 3.33. The van der Waals surface area contributed by atoms with Crippen molar-refractivity contribution in [3.05, 3.63) is 0 Å². The second-order valence-electron chi connectivity index (χ2n) is 4.39. The Labute approximate surface area is 103 Å². The van der Waals surface area contributed by atoms with Gasteiger partial charge in [-0.3, -0.25) is 4.79 Å². The standard InChI is InChI=1S/C10H15INO3/c1-6(11)10(13)15-9-4-7-2-3-8(5-9)12(7)14/h6-9H,2-5H2,1H3. The maximum atomic E-state index is 11.5. The van der Waals surface area contributed by atoms with Crippen LogP contribution in [0.1, 0.15) is 32.6 Å². The van der Waals surface area contributed by atoms with Crippen LogP contribution in [-0.2, 0) is 14.7 Å². The van der Waals surface area contributed by atoms with Crippen molar-refractivity contribution < 1.29 is 14.7 Å². The smallest absolute Gasteiger partial charge is 0.318 e. The number of fused-ring (bicyclic) bond motifs is 2. The fraction of sp³-hybridized carbons (Fsp3) is 0.900. The zero-order valence-electron chi connectivity index (χ0n) is 8.69. The van der Waals surface area contributed by atoms with E-state index in [1.54, 1.807) is 0 Å². The lowest BCUT2D eigenvalue weighted by Gasteiger charge is -2.32. The maximum absolute atomic E-state index is 11.5. The molecule has 2 rings (SSSR count). The molecular formula is C10H15INO3. The molecule has 2 heterocycles. The highest BCUT2D eigenvalue weighted by Gasteiger charge is 2.42. The van der Waals surface area contributed by atoms with Crippen molar-refractivity contribution in [3.8, 4) is 0 Å². The highest BCUT2D eigenvalue weighted by molar-refractivity contribution is 14.1. The van der Waals surface area contributed by atoms with Crippen LogP contribution in [0, 0.1) is 0 Å². The molecule has 4 nitrogen and oxygen atoms in total. The van der Waals surface area contributed by atoms with Gasteiger partial charge in [-0.15, -0.1) is 10.3 Å². The Morgan fingerprint density at radius 1 is 1.40 bits per heavy atom. The quantitative estimate of drug-likeness (QED) is 0.441. The number of ether oxygens (including phenoxy) is 1. The number of hydrogen-bond donors (Lipinski definition) is 0. The first-order valence-corrected chi connectivity index (χ1v) is 6.62. The number of hydrogen-bond acceptors (Lipinski definition) is 3. The number of halogens is 1. The number of esters is 1.